The second-order valence-corrected chi connectivity index (χ2v) is 7.49. The van der Waals surface area contributed by atoms with Gasteiger partial charge in [0.25, 0.3) is 0 Å². The molecule has 10 heteroatoms. The van der Waals surface area contributed by atoms with Crippen molar-refractivity contribution in [1.82, 2.24) is 24.5 Å². The summed E-state index contributed by atoms with van der Waals surface area (Å²) in [6, 6.07) is 13.0. The average Bonchev–Trinajstić information content (AvgIpc) is 3.21. The molecule has 0 bridgehead atoms. The predicted molar refractivity (Wildman–Crippen MR) is 114 cm³/mol. The maximum atomic E-state index is 12.9. The van der Waals surface area contributed by atoms with Crippen LogP contribution in [0, 0.1) is 5.82 Å². The number of carbonyl (C=O) groups excluding carboxylic acids is 1. The second-order valence-electron chi connectivity index (χ2n) is 6.54. The molecule has 31 heavy (non-hydrogen) atoms. The number of amides is 1. The maximum Gasteiger partial charge on any atom is 0.300 e. The number of fused-ring (bicyclic) bond motifs is 1. The molecule has 4 aromatic rings. The van der Waals surface area contributed by atoms with E-state index in [1.54, 1.807) is 60.3 Å². The summed E-state index contributed by atoms with van der Waals surface area (Å²) in [5, 5.41) is 11.2. The zero-order valence-electron chi connectivity index (χ0n) is 16.5. The number of methoxy groups -OCH3 is 1. The summed E-state index contributed by atoms with van der Waals surface area (Å²) in [5.74, 6) is 0.195. The van der Waals surface area contributed by atoms with Crippen LogP contribution in [0.2, 0.25) is 0 Å². The van der Waals surface area contributed by atoms with Crippen LogP contribution in [0.4, 0.5) is 4.39 Å². The van der Waals surface area contributed by atoms with Crippen LogP contribution in [0.25, 0.3) is 11.3 Å². The summed E-state index contributed by atoms with van der Waals surface area (Å²) >= 11 is 1.17. The Labute approximate surface area is 180 Å². The van der Waals surface area contributed by atoms with Gasteiger partial charge in [-0.15, -0.1) is 10.2 Å². The number of hydrogen-bond acceptors (Lipinski definition) is 6. The third-order valence-electron chi connectivity index (χ3n) is 4.51. The van der Waals surface area contributed by atoms with Gasteiger partial charge < -0.3 is 10.1 Å². The number of rotatable bonds is 7. The minimum Gasteiger partial charge on any atom is -0.497 e. The zero-order chi connectivity index (χ0) is 21.8. The Kier molecular flexibility index (Phi) is 5.99. The Hall–Kier alpha value is -3.66. The Balaban J connectivity index is 1.45. The third-order valence-corrected chi connectivity index (χ3v) is 5.45. The molecular weight excluding hydrogens is 421 g/mol. The lowest BCUT2D eigenvalue weighted by atomic mass is 10.2. The Morgan fingerprint density at radius 2 is 1.97 bits per heavy atom. The molecule has 1 amide bonds. The number of nitrogens with zero attached hydrogens (tertiary/aromatic N) is 4. The molecule has 0 saturated heterocycles. The topological polar surface area (TPSA) is 90.5 Å². The lowest BCUT2D eigenvalue weighted by Gasteiger charge is -2.08. The molecule has 0 aliphatic rings. The first-order valence-electron chi connectivity index (χ1n) is 9.30. The molecule has 0 aliphatic heterocycles. The van der Waals surface area contributed by atoms with Gasteiger partial charge in [-0.05, 0) is 29.8 Å². The van der Waals surface area contributed by atoms with E-state index in [0.29, 0.717) is 23.1 Å². The molecule has 0 aliphatic carbocycles. The Morgan fingerprint density at radius 3 is 2.74 bits per heavy atom. The van der Waals surface area contributed by atoms with Gasteiger partial charge in [0.15, 0.2) is 5.16 Å². The molecule has 0 unspecified atom stereocenters. The van der Waals surface area contributed by atoms with Crippen molar-refractivity contribution < 1.29 is 13.9 Å². The first-order chi connectivity index (χ1) is 15.0. The van der Waals surface area contributed by atoms with E-state index in [0.717, 1.165) is 5.56 Å². The fraction of sp³-hybridized carbons (Fsp3) is 0.143. The van der Waals surface area contributed by atoms with E-state index in [1.165, 1.54) is 28.5 Å². The highest BCUT2D eigenvalue weighted by atomic mass is 32.2. The average molecular weight is 439 g/mol. The number of nitrogens with one attached hydrogen (secondary N) is 1. The smallest absolute Gasteiger partial charge is 0.300 e. The maximum absolute atomic E-state index is 12.9. The van der Waals surface area contributed by atoms with E-state index in [1.807, 2.05) is 0 Å². The van der Waals surface area contributed by atoms with E-state index >= 15 is 0 Å². The van der Waals surface area contributed by atoms with Crippen molar-refractivity contribution in [1.29, 1.82) is 0 Å². The Morgan fingerprint density at radius 1 is 1.16 bits per heavy atom. The molecule has 4 rings (SSSR count). The van der Waals surface area contributed by atoms with Crippen LogP contribution in [0.15, 0.2) is 70.9 Å². The van der Waals surface area contributed by atoms with Crippen molar-refractivity contribution in [3.05, 3.63) is 82.7 Å². The monoisotopic (exact) mass is 439 g/mol. The van der Waals surface area contributed by atoms with Crippen LogP contribution in [-0.2, 0) is 11.3 Å². The lowest BCUT2D eigenvalue weighted by molar-refractivity contribution is -0.118. The van der Waals surface area contributed by atoms with Crippen molar-refractivity contribution in [3.8, 4) is 11.4 Å². The molecule has 8 nitrogen and oxygen atoms in total. The van der Waals surface area contributed by atoms with Gasteiger partial charge in [-0.2, -0.15) is 0 Å². The molecular formula is C21H18FN5O3S. The van der Waals surface area contributed by atoms with Gasteiger partial charge in [0.2, 0.25) is 11.6 Å². The van der Waals surface area contributed by atoms with Crippen LogP contribution in [0.5, 0.6) is 5.75 Å². The molecule has 1 N–H and O–H groups in total. The fourth-order valence-corrected chi connectivity index (χ4v) is 3.66. The van der Waals surface area contributed by atoms with Crippen molar-refractivity contribution in [2.24, 2.45) is 0 Å². The number of benzene rings is 2. The van der Waals surface area contributed by atoms with Gasteiger partial charge >= 0.3 is 5.56 Å². The molecule has 0 fully saturated rings. The number of carbonyl (C=O) groups is 1. The van der Waals surface area contributed by atoms with Crippen molar-refractivity contribution in [2.45, 2.75) is 11.7 Å². The first kappa shape index (κ1) is 20.6. The second kappa shape index (κ2) is 9.00. The number of thioether (sulfide) groups is 1. The van der Waals surface area contributed by atoms with Crippen molar-refractivity contribution in [3.63, 3.8) is 0 Å². The van der Waals surface area contributed by atoms with Gasteiger partial charge in [-0.3, -0.25) is 18.6 Å². The summed E-state index contributed by atoms with van der Waals surface area (Å²) in [6.07, 6.45) is 3.29. The summed E-state index contributed by atoms with van der Waals surface area (Å²) in [6.45, 7) is 0.297. The van der Waals surface area contributed by atoms with Crippen LogP contribution in [0.1, 0.15) is 5.56 Å². The molecule has 2 aromatic carbocycles. The van der Waals surface area contributed by atoms with E-state index in [2.05, 4.69) is 15.5 Å². The van der Waals surface area contributed by atoms with Gasteiger partial charge in [-0.1, -0.05) is 30.0 Å². The van der Waals surface area contributed by atoms with E-state index in [9.17, 15) is 14.0 Å². The summed E-state index contributed by atoms with van der Waals surface area (Å²) in [5.41, 5.74) is 1.25. The quantitative estimate of drug-likeness (QED) is 0.445. The molecule has 158 valence electrons. The van der Waals surface area contributed by atoms with Crippen LogP contribution in [-0.4, -0.2) is 37.9 Å². The van der Waals surface area contributed by atoms with Gasteiger partial charge in [-0.25, -0.2) is 4.39 Å². The van der Waals surface area contributed by atoms with Crippen LogP contribution in [0.3, 0.4) is 0 Å². The zero-order valence-corrected chi connectivity index (χ0v) is 17.3. The normalized spacial score (nSPS) is 10.9. The highest BCUT2D eigenvalue weighted by Crippen LogP contribution is 2.18. The van der Waals surface area contributed by atoms with E-state index in [4.69, 9.17) is 4.74 Å². The SMILES string of the molecule is COc1cccc(-n2ccn3c(SCC(=O)NCc4ccc(F)cc4)nnc3c2=O)c1. The predicted octanol–water partition coefficient (Wildman–Crippen LogP) is 2.44. The van der Waals surface area contributed by atoms with E-state index < -0.39 is 0 Å². The summed E-state index contributed by atoms with van der Waals surface area (Å²) in [7, 11) is 1.56. The molecule has 0 radical (unpaired) electrons. The minimum absolute atomic E-state index is 0.0982. The molecule has 2 heterocycles. The highest BCUT2D eigenvalue weighted by Gasteiger charge is 2.14. The van der Waals surface area contributed by atoms with Crippen molar-refractivity contribution >= 4 is 23.3 Å². The fourth-order valence-electron chi connectivity index (χ4n) is 2.91. The molecule has 0 spiro atoms. The number of hydrogen-bond donors (Lipinski definition) is 1. The number of aromatic nitrogens is 4. The number of halogens is 1. The number of ether oxygens (including phenoxy) is 1. The van der Waals surface area contributed by atoms with Gasteiger partial charge in [0.1, 0.15) is 11.6 Å². The molecule has 0 atom stereocenters. The summed E-state index contributed by atoms with van der Waals surface area (Å²) in [4.78, 5) is 25.0. The third kappa shape index (κ3) is 4.58. The van der Waals surface area contributed by atoms with Gasteiger partial charge in [0.05, 0.1) is 18.6 Å². The highest BCUT2D eigenvalue weighted by molar-refractivity contribution is 7.99. The van der Waals surface area contributed by atoms with Crippen LogP contribution >= 0.6 is 11.8 Å². The summed E-state index contributed by atoms with van der Waals surface area (Å²) < 4.78 is 21.2. The largest absolute Gasteiger partial charge is 0.497 e. The Bertz CT molecular complexity index is 1290. The minimum atomic E-state index is -0.337. The van der Waals surface area contributed by atoms with Crippen LogP contribution < -0.4 is 15.6 Å². The van der Waals surface area contributed by atoms with Gasteiger partial charge in [0, 0.05) is 25.0 Å². The lowest BCUT2D eigenvalue weighted by Crippen LogP contribution is -2.24. The van der Waals surface area contributed by atoms with E-state index in [-0.39, 0.29) is 28.7 Å². The molecule has 0 saturated carbocycles. The van der Waals surface area contributed by atoms with Crippen molar-refractivity contribution in [2.75, 3.05) is 12.9 Å². The first-order valence-corrected chi connectivity index (χ1v) is 10.3. The standard InChI is InChI=1S/C21H18FN5O3S/c1-30-17-4-2-3-16(11-17)26-9-10-27-19(20(26)29)24-25-21(27)31-13-18(28)23-12-14-5-7-15(22)8-6-14/h2-11H,12-13H2,1H3,(H,23,28). The molecule has 2 aromatic heterocycles.